The molecule has 3 rings (SSSR count). The number of carbonyl (C=O) groups is 1. The Bertz CT molecular complexity index is 774. The van der Waals surface area contributed by atoms with Crippen LogP contribution in [0.3, 0.4) is 0 Å². The van der Waals surface area contributed by atoms with Crippen LogP contribution in [0.15, 0.2) is 66.7 Å². The summed E-state index contributed by atoms with van der Waals surface area (Å²) in [5.74, 6) is 0. The molecule has 1 fully saturated rings. The van der Waals surface area contributed by atoms with Gasteiger partial charge in [0.15, 0.2) is 0 Å². The Morgan fingerprint density at radius 3 is 2.36 bits per heavy atom. The van der Waals surface area contributed by atoms with E-state index in [1.54, 1.807) is 4.90 Å². The molecule has 2 aromatic carbocycles. The van der Waals surface area contributed by atoms with E-state index in [0.717, 1.165) is 29.4 Å². The topological polar surface area (TPSA) is 42.0 Å². The number of para-hydroxylation sites is 1. The first-order valence-electron chi connectivity index (χ1n) is 9.42. The highest BCUT2D eigenvalue weighted by atomic mass is 35.5. The number of rotatable bonds is 7. The van der Waals surface area contributed by atoms with E-state index in [0.29, 0.717) is 26.3 Å². The van der Waals surface area contributed by atoms with Gasteiger partial charge in [0.25, 0.3) is 0 Å². The minimum absolute atomic E-state index is 0.248. The molecule has 1 aliphatic rings. The maximum atomic E-state index is 12.2. The number of hydrogen-bond donors (Lipinski definition) is 0. The number of hydrogen-bond acceptors (Lipinski definition) is 4. The molecular weight excluding hydrogens is 376 g/mol. The first-order chi connectivity index (χ1) is 13.7. The third-order valence-corrected chi connectivity index (χ3v) is 4.85. The van der Waals surface area contributed by atoms with Gasteiger partial charge in [-0.3, -0.25) is 0 Å². The van der Waals surface area contributed by atoms with Crippen molar-refractivity contribution < 1.29 is 14.3 Å². The molecule has 0 aromatic heterocycles. The van der Waals surface area contributed by atoms with Gasteiger partial charge in [0.05, 0.1) is 23.9 Å². The van der Waals surface area contributed by atoms with Crippen LogP contribution >= 0.6 is 11.6 Å². The molecule has 0 radical (unpaired) electrons. The third kappa shape index (κ3) is 6.01. The van der Waals surface area contributed by atoms with Crippen molar-refractivity contribution in [3.8, 4) is 0 Å². The van der Waals surface area contributed by atoms with Gasteiger partial charge in [0.2, 0.25) is 0 Å². The molecule has 6 heteroatoms. The number of carbonyl (C=O) groups excluding carboxylic acids is 1. The summed E-state index contributed by atoms with van der Waals surface area (Å²) in [6.07, 6.45) is 3.39. The fourth-order valence-corrected chi connectivity index (χ4v) is 3.26. The number of amides is 1. The van der Waals surface area contributed by atoms with Crippen LogP contribution in [0.1, 0.15) is 5.56 Å². The molecule has 0 unspecified atom stereocenters. The molecule has 1 aliphatic heterocycles. The first kappa shape index (κ1) is 20.2. The zero-order valence-electron chi connectivity index (χ0n) is 15.8. The second-order valence-electron chi connectivity index (χ2n) is 6.47. The SMILES string of the molecule is O=C(OCC=CCOCc1ccccc1)N1CCN(c2ccccc2Cl)CC1. The Morgan fingerprint density at radius 2 is 1.61 bits per heavy atom. The number of nitrogens with zero attached hydrogens (tertiary/aromatic N) is 2. The zero-order chi connectivity index (χ0) is 19.6. The quantitative estimate of drug-likeness (QED) is 0.511. The van der Waals surface area contributed by atoms with Crippen molar-refractivity contribution in [1.82, 2.24) is 4.90 Å². The van der Waals surface area contributed by atoms with Crippen molar-refractivity contribution in [3.63, 3.8) is 0 Å². The van der Waals surface area contributed by atoms with Crippen molar-refractivity contribution in [3.05, 3.63) is 77.3 Å². The summed E-state index contributed by atoms with van der Waals surface area (Å²) in [5.41, 5.74) is 2.15. The summed E-state index contributed by atoms with van der Waals surface area (Å²) in [7, 11) is 0. The van der Waals surface area contributed by atoms with Crippen LogP contribution < -0.4 is 4.90 Å². The highest BCUT2D eigenvalue weighted by Gasteiger charge is 2.22. The number of anilines is 1. The second-order valence-corrected chi connectivity index (χ2v) is 6.88. The van der Waals surface area contributed by atoms with Gasteiger partial charge in [0.1, 0.15) is 6.61 Å². The lowest BCUT2D eigenvalue weighted by Crippen LogP contribution is -2.49. The Balaban J connectivity index is 1.31. The van der Waals surface area contributed by atoms with E-state index in [1.165, 1.54) is 0 Å². The summed E-state index contributed by atoms with van der Waals surface area (Å²) in [6, 6.07) is 17.8. The van der Waals surface area contributed by atoms with Crippen molar-refractivity contribution in [2.75, 3.05) is 44.3 Å². The summed E-state index contributed by atoms with van der Waals surface area (Å²) in [6.45, 7) is 4.02. The number of halogens is 1. The molecular formula is C22H25ClN2O3. The third-order valence-electron chi connectivity index (χ3n) is 4.53. The lowest BCUT2D eigenvalue weighted by atomic mass is 10.2. The minimum atomic E-state index is -0.284. The molecule has 148 valence electrons. The van der Waals surface area contributed by atoms with Gasteiger partial charge in [-0.15, -0.1) is 0 Å². The van der Waals surface area contributed by atoms with Gasteiger partial charge in [-0.1, -0.05) is 60.1 Å². The van der Waals surface area contributed by atoms with E-state index in [4.69, 9.17) is 21.1 Å². The van der Waals surface area contributed by atoms with Crippen LogP contribution in [-0.4, -0.2) is 50.4 Å². The maximum Gasteiger partial charge on any atom is 0.410 e. The fraction of sp³-hybridized carbons (Fsp3) is 0.318. The second kappa shape index (κ2) is 10.7. The largest absolute Gasteiger partial charge is 0.445 e. The Labute approximate surface area is 171 Å². The molecule has 1 heterocycles. The maximum absolute atomic E-state index is 12.2. The highest BCUT2D eigenvalue weighted by molar-refractivity contribution is 6.33. The molecule has 0 N–H and O–H groups in total. The van der Waals surface area contributed by atoms with E-state index in [9.17, 15) is 4.79 Å². The van der Waals surface area contributed by atoms with E-state index in [1.807, 2.05) is 66.7 Å². The van der Waals surface area contributed by atoms with E-state index in [2.05, 4.69) is 4.90 Å². The molecule has 28 heavy (non-hydrogen) atoms. The molecule has 0 saturated carbocycles. The first-order valence-corrected chi connectivity index (χ1v) is 9.79. The summed E-state index contributed by atoms with van der Waals surface area (Å²) < 4.78 is 10.9. The minimum Gasteiger partial charge on any atom is -0.445 e. The standard InChI is InChI=1S/C22H25ClN2O3/c23-20-10-4-5-11-21(20)24-12-14-25(15-13-24)22(26)28-17-7-6-16-27-18-19-8-2-1-3-9-19/h1-11H,12-18H2. The van der Waals surface area contributed by atoms with Crippen LogP contribution in [0.25, 0.3) is 0 Å². The Hall–Kier alpha value is -2.50. The lowest BCUT2D eigenvalue weighted by Gasteiger charge is -2.35. The summed E-state index contributed by atoms with van der Waals surface area (Å²) in [5, 5.41) is 0.734. The normalized spacial score (nSPS) is 14.5. The molecule has 0 atom stereocenters. The summed E-state index contributed by atoms with van der Waals surface area (Å²) >= 11 is 6.25. The average molecular weight is 401 g/mol. The van der Waals surface area contributed by atoms with E-state index in [-0.39, 0.29) is 12.7 Å². The molecule has 0 aliphatic carbocycles. The average Bonchev–Trinajstić information content (AvgIpc) is 2.74. The van der Waals surface area contributed by atoms with Crippen molar-refractivity contribution in [1.29, 1.82) is 0 Å². The van der Waals surface area contributed by atoms with Gasteiger partial charge >= 0.3 is 6.09 Å². The van der Waals surface area contributed by atoms with Crippen molar-refractivity contribution >= 4 is 23.4 Å². The zero-order valence-corrected chi connectivity index (χ0v) is 16.6. The number of ether oxygens (including phenoxy) is 2. The van der Waals surface area contributed by atoms with Crippen LogP contribution in [-0.2, 0) is 16.1 Å². The molecule has 0 bridgehead atoms. The van der Waals surface area contributed by atoms with Gasteiger partial charge in [-0.05, 0) is 23.8 Å². The van der Waals surface area contributed by atoms with Gasteiger partial charge < -0.3 is 19.3 Å². The van der Waals surface area contributed by atoms with Crippen LogP contribution in [0.2, 0.25) is 5.02 Å². The predicted octanol–water partition coefficient (Wildman–Crippen LogP) is 4.37. The molecule has 1 saturated heterocycles. The monoisotopic (exact) mass is 400 g/mol. The lowest BCUT2D eigenvalue weighted by molar-refractivity contribution is 0.109. The van der Waals surface area contributed by atoms with Crippen LogP contribution in [0, 0.1) is 0 Å². The Morgan fingerprint density at radius 1 is 0.929 bits per heavy atom. The smallest absolute Gasteiger partial charge is 0.410 e. The van der Waals surface area contributed by atoms with Gasteiger partial charge in [-0.25, -0.2) is 4.79 Å². The van der Waals surface area contributed by atoms with Gasteiger partial charge in [0, 0.05) is 26.2 Å². The number of piperazine rings is 1. The van der Waals surface area contributed by atoms with Gasteiger partial charge in [-0.2, -0.15) is 0 Å². The Kier molecular flexibility index (Phi) is 7.76. The van der Waals surface area contributed by atoms with E-state index < -0.39 is 0 Å². The van der Waals surface area contributed by atoms with Crippen molar-refractivity contribution in [2.24, 2.45) is 0 Å². The molecule has 2 aromatic rings. The molecule has 0 spiro atoms. The fourth-order valence-electron chi connectivity index (χ4n) is 3.00. The van der Waals surface area contributed by atoms with Crippen molar-refractivity contribution in [2.45, 2.75) is 6.61 Å². The van der Waals surface area contributed by atoms with Crippen LogP contribution in [0.4, 0.5) is 10.5 Å². The van der Waals surface area contributed by atoms with Crippen LogP contribution in [0.5, 0.6) is 0 Å². The summed E-state index contributed by atoms with van der Waals surface area (Å²) in [4.78, 5) is 16.1. The molecule has 1 amide bonds. The predicted molar refractivity (Wildman–Crippen MR) is 112 cm³/mol. The highest BCUT2D eigenvalue weighted by Crippen LogP contribution is 2.26. The molecule has 5 nitrogen and oxygen atoms in total. The van der Waals surface area contributed by atoms with E-state index >= 15 is 0 Å². The number of benzene rings is 2.